The standard InChI is InChI=1S/C12H14FN5O2S/c1-18(2)21(19,20)17-12-7-6-11(15-16-12)14-10-5-3-4-9(13)8-10/h3-8H,1-2H3,(H,14,15)(H,16,17). The molecular formula is C12H14FN5O2S. The van der Waals surface area contributed by atoms with E-state index in [-0.39, 0.29) is 11.6 Å². The van der Waals surface area contributed by atoms with Gasteiger partial charge in [-0.3, -0.25) is 4.72 Å². The van der Waals surface area contributed by atoms with Gasteiger partial charge in [0.15, 0.2) is 11.6 Å². The Labute approximate surface area is 122 Å². The molecule has 0 saturated carbocycles. The predicted molar refractivity (Wildman–Crippen MR) is 77.9 cm³/mol. The van der Waals surface area contributed by atoms with E-state index in [1.54, 1.807) is 12.1 Å². The molecule has 0 aliphatic heterocycles. The zero-order valence-electron chi connectivity index (χ0n) is 11.4. The van der Waals surface area contributed by atoms with Crippen LogP contribution in [0, 0.1) is 5.82 Å². The van der Waals surface area contributed by atoms with Crippen molar-refractivity contribution in [3.63, 3.8) is 0 Å². The third-order valence-corrected chi connectivity index (χ3v) is 3.90. The second-order valence-corrected chi connectivity index (χ2v) is 6.21. The molecular weight excluding hydrogens is 297 g/mol. The summed E-state index contributed by atoms with van der Waals surface area (Å²) in [6.07, 6.45) is 0. The quantitative estimate of drug-likeness (QED) is 0.875. The summed E-state index contributed by atoms with van der Waals surface area (Å²) in [5.74, 6) is 0.0882. The van der Waals surface area contributed by atoms with Crippen molar-refractivity contribution in [3.05, 3.63) is 42.2 Å². The highest BCUT2D eigenvalue weighted by Gasteiger charge is 2.13. The van der Waals surface area contributed by atoms with E-state index in [1.807, 2.05) is 0 Å². The molecule has 112 valence electrons. The van der Waals surface area contributed by atoms with Crippen molar-refractivity contribution >= 4 is 27.5 Å². The van der Waals surface area contributed by atoms with Crippen LogP contribution in [-0.4, -0.2) is 37.0 Å². The van der Waals surface area contributed by atoms with Crippen LogP contribution >= 0.6 is 0 Å². The van der Waals surface area contributed by atoms with E-state index < -0.39 is 10.2 Å². The van der Waals surface area contributed by atoms with Crippen molar-refractivity contribution in [2.75, 3.05) is 24.1 Å². The second-order valence-electron chi connectivity index (χ2n) is 4.33. The number of hydrogen-bond donors (Lipinski definition) is 2. The fourth-order valence-corrected chi connectivity index (χ4v) is 1.95. The van der Waals surface area contributed by atoms with Crippen LogP contribution in [0.2, 0.25) is 0 Å². The first-order valence-electron chi connectivity index (χ1n) is 5.93. The molecule has 0 atom stereocenters. The normalized spacial score (nSPS) is 11.4. The van der Waals surface area contributed by atoms with Gasteiger partial charge in [-0.25, -0.2) is 4.39 Å². The minimum absolute atomic E-state index is 0.0912. The molecule has 2 N–H and O–H groups in total. The van der Waals surface area contributed by atoms with Crippen LogP contribution in [0.5, 0.6) is 0 Å². The molecule has 0 amide bonds. The molecule has 2 rings (SSSR count). The van der Waals surface area contributed by atoms with Gasteiger partial charge in [-0.05, 0) is 30.3 Å². The summed E-state index contributed by atoms with van der Waals surface area (Å²) >= 11 is 0. The molecule has 7 nitrogen and oxygen atoms in total. The SMILES string of the molecule is CN(C)S(=O)(=O)Nc1ccc(Nc2cccc(F)c2)nn1. The summed E-state index contributed by atoms with van der Waals surface area (Å²) in [4.78, 5) is 0. The van der Waals surface area contributed by atoms with E-state index in [4.69, 9.17) is 0 Å². The van der Waals surface area contributed by atoms with E-state index in [9.17, 15) is 12.8 Å². The number of anilines is 3. The Kier molecular flexibility index (Phi) is 4.34. The van der Waals surface area contributed by atoms with Gasteiger partial charge in [-0.2, -0.15) is 12.7 Å². The molecule has 0 spiro atoms. The maximum absolute atomic E-state index is 13.0. The lowest BCUT2D eigenvalue weighted by Crippen LogP contribution is -2.29. The van der Waals surface area contributed by atoms with Crippen LogP contribution in [0.3, 0.4) is 0 Å². The number of rotatable bonds is 5. The highest BCUT2D eigenvalue weighted by atomic mass is 32.2. The van der Waals surface area contributed by atoms with Crippen molar-refractivity contribution in [1.82, 2.24) is 14.5 Å². The number of benzene rings is 1. The van der Waals surface area contributed by atoms with E-state index in [1.165, 1.54) is 38.4 Å². The number of nitrogens with one attached hydrogen (secondary N) is 2. The smallest absolute Gasteiger partial charge is 0.302 e. The summed E-state index contributed by atoms with van der Waals surface area (Å²) in [6, 6.07) is 8.86. The second kappa shape index (κ2) is 6.02. The number of halogens is 1. The third-order valence-electron chi connectivity index (χ3n) is 2.48. The highest BCUT2D eigenvalue weighted by Crippen LogP contribution is 2.16. The molecule has 0 saturated heterocycles. The van der Waals surface area contributed by atoms with Gasteiger partial charge in [0.05, 0.1) is 0 Å². The Morgan fingerprint density at radius 3 is 2.33 bits per heavy atom. The van der Waals surface area contributed by atoms with Crippen LogP contribution in [-0.2, 0) is 10.2 Å². The Bertz CT molecular complexity index is 719. The Hall–Kier alpha value is -2.26. The van der Waals surface area contributed by atoms with Crippen molar-refractivity contribution < 1.29 is 12.8 Å². The molecule has 2 aromatic rings. The lowest BCUT2D eigenvalue weighted by Gasteiger charge is -2.12. The molecule has 1 aromatic carbocycles. The molecule has 0 unspecified atom stereocenters. The van der Waals surface area contributed by atoms with Crippen molar-refractivity contribution in [2.24, 2.45) is 0 Å². The van der Waals surface area contributed by atoms with E-state index in [2.05, 4.69) is 20.2 Å². The number of hydrogen-bond acceptors (Lipinski definition) is 5. The summed E-state index contributed by atoms with van der Waals surface area (Å²) in [6.45, 7) is 0. The molecule has 1 heterocycles. The van der Waals surface area contributed by atoms with Crippen LogP contribution in [0.4, 0.5) is 21.7 Å². The molecule has 1 aromatic heterocycles. The van der Waals surface area contributed by atoms with Crippen LogP contribution in [0.25, 0.3) is 0 Å². The Morgan fingerprint density at radius 2 is 1.76 bits per heavy atom. The Morgan fingerprint density at radius 1 is 1.10 bits per heavy atom. The maximum atomic E-state index is 13.0. The van der Waals surface area contributed by atoms with Gasteiger partial charge in [0, 0.05) is 19.8 Å². The van der Waals surface area contributed by atoms with Crippen LogP contribution in [0.15, 0.2) is 36.4 Å². The molecule has 21 heavy (non-hydrogen) atoms. The molecule has 0 aliphatic rings. The molecule has 0 bridgehead atoms. The van der Waals surface area contributed by atoms with Gasteiger partial charge >= 0.3 is 10.2 Å². The summed E-state index contributed by atoms with van der Waals surface area (Å²) < 4.78 is 39.5. The van der Waals surface area contributed by atoms with E-state index in [0.717, 1.165) is 4.31 Å². The lowest BCUT2D eigenvalue weighted by atomic mass is 10.3. The average Bonchev–Trinajstić information content (AvgIpc) is 2.40. The first kappa shape index (κ1) is 15.1. The molecule has 9 heteroatoms. The summed E-state index contributed by atoms with van der Waals surface area (Å²) in [5.41, 5.74) is 0.519. The molecule has 0 fully saturated rings. The monoisotopic (exact) mass is 311 g/mol. The fourth-order valence-electron chi connectivity index (χ4n) is 1.39. The highest BCUT2D eigenvalue weighted by molar-refractivity contribution is 7.90. The molecule has 0 aliphatic carbocycles. The third kappa shape index (κ3) is 4.10. The van der Waals surface area contributed by atoms with Crippen LogP contribution < -0.4 is 10.0 Å². The van der Waals surface area contributed by atoms with Crippen LogP contribution in [0.1, 0.15) is 0 Å². The van der Waals surface area contributed by atoms with Crippen molar-refractivity contribution in [2.45, 2.75) is 0 Å². The largest absolute Gasteiger partial charge is 0.339 e. The van der Waals surface area contributed by atoms with Gasteiger partial charge in [0.25, 0.3) is 0 Å². The number of nitrogens with zero attached hydrogens (tertiary/aromatic N) is 3. The zero-order valence-corrected chi connectivity index (χ0v) is 12.2. The van der Waals surface area contributed by atoms with Gasteiger partial charge in [0.2, 0.25) is 0 Å². The number of aromatic nitrogens is 2. The van der Waals surface area contributed by atoms with E-state index >= 15 is 0 Å². The van der Waals surface area contributed by atoms with Crippen molar-refractivity contribution in [1.29, 1.82) is 0 Å². The first-order valence-corrected chi connectivity index (χ1v) is 7.37. The van der Waals surface area contributed by atoms with Crippen molar-refractivity contribution in [3.8, 4) is 0 Å². The van der Waals surface area contributed by atoms with Gasteiger partial charge < -0.3 is 5.32 Å². The fraction of sp³-hybridized carbons (Fsp3) is 0.167. The van der Waals surface area contributed by atoms with Gasteiger partial charge in [0.1, 0.15) is 5.82 Å². The zero-order chi connectivity index (χ0) is 15.5. The predicted octanol–water partition coefficient (Wildman–Crippen LogP) is 1.58. The van der Waals surface area contributed by atoms with Gasteiger partial charge in [-0.1, -0.05) is 6.07 Å². The average molecular weight is 311 g/mol. The topological polar surface area (TPSA) is 87.2 Å². The maximum Gasteiger partial charge on any atom is 0.302 e. The van der Waals surface area contributed by atoms with E-state index in [0.29, 0.717) is 11.5 Å². The molecule has 0 radical (unpaired) electrons. The lowest BCUT2D eigenvalue weighted by molar-refractivity contribution is 0.526. The minimum atomic E-state index is -3.62. The summed E-state index contributed by atoms with van der Waals surface area (Å²) in [7, 11) is -0.821. The minimum Gasteiger partial charge on any atom is -0.339 e. The Balaban J connectivity index is 2.09. The summed E-state index contributed by atoms with van der Waals surface area (Å²) in [5, 5.41) is 10.4. The first-order chi connectivity index (χ1) is 9.87. The van der Waals surface area contributed by atoms with Gasteiger partial charge in [-0.15, -0.1) is 10.2 Å².